The maximum atomic E-state index is 13.1. The van der Waals surface area contributed by atoms with Gasteiger partial charge in [0.15, 0.2) is 0 Å². The number of anilines is 2. The normalized spacial score (nSPS) is 15.3. The number of fused-ring (bicyclic) bond motifs is 1. The Morgan fingerprint density at radius 2 is 1.78 bits per heavy atom. The number of hydrogen-bond acceptors (Lipinski definition) is 8. The lowest BCUT2D eigenvalue weighted by Gasteiger charge is -2.31. The molecular formula is C25H25ClN6O3S. The third kappa shape index (κ3) is 4.85. The number of aromatic hydroxyl groups is 1. The lowest BCUT2D eigenvalue weighted by atomic mass is 10.0. The van der Waals surface area contributed by atoms with Crippen LogP contribution in [0.3, 0.4) is 0 Å². The van der Waals surface area contributed by atoms with Gasteiger partial charge in [0.2, 0.25) is 16.0 Å². The summed E-state index contributed by atoms with van der Waals surface area (Å²) in [6, 6.07) is 15.1. The van der Waals surface area contributed by atoms with Crippen LogP contribution in [0, 0.1) is 6.92 Å². The summed E-state index contributed by atoms with van der Waals surface area (Å²) in [5, 5.41) is 22.0. The van der Waals surface area contributed by atoms with Crippen LogP contribution in [0.1, 0.15) is 5.56 Å². The van der Waals surface area contributed by atoms with Crippen LogP contribution in [-0.4, -0.2) is 71.1 Å². The minimum absolute atomic E-state index is 0.118. The largest absolute Gasteiger partial charge is 0.508 e. The Hall–Kier alpha value is -3.31. The highest BCUT2D eigenvalue weighted by molar-refractivity contribution is 7.89. The highest BCUT2D eigenvalue weighted by atomic mass is 35.5. The number of sulfonamides is 1. The first-order valence-electron chi connectivity index (χ1n) is 11.4. The number of rotatable bonds is 5. The smallest absolute Gasteiger partial charge is 0.247 e. The molecular weight excluding hydrogens is 500 g/mol. The molecule has 0 saturated carbocycles. The Kier molecular flexibility index (Phi) is 6.52. The predicted octanol–water partition coefficient (Wildman–Crippen LogP) is 4.04. The number of piperazine rings is 1. The van der Waals surface area contributed by atoms with E-state index in [4.69, 9.17) is 11.6 Å². The molecule has 11 heteroatoms. The van der Waals surface area contributed by atoms with Gasteiger partial charge in [-0.05, 0) is 73.6 Å². The van der Waals surface area contributed by atoms with Crippen molar-refractivity contribution in [3.8, 4) is 16.9 Å². The maximum Gasteiger partial charge on any atom is 0.247 e. The third-order valence-electron chi connectivity index (χ3n) is 6.20. The number of hydrogen-bond donors (Lipinski definition) is 2. The van der Waals surface area contributed by atoms with E-state index in [1.54, 1.807) is 36.4 Å². The van der Waals surface area contributed by atoms with Crippen molar-refractivity contribution in [2.45, 2.75) is 11.8 Å². The molecule has 0 radical (unpaired) electrons. The molecule has 2 heterocycles. The van der Waals surface area contributed by atoms with Gasteiger partial charge >= 0.3 is 0 Å². The summed E-state index contributed by atoms with van der Waals surface area (Å²) in [5.74, 6) is 0.371. The van der Waals surface area contributed by atoms with Crippen molar-refractivity contribution >= 4 is 44.3 Å². The van der Waals surface area contributed by atoms with Crippen LogP contribution >= 0.6 is 11.6 Å². The summed E-state index contributed by atoms with van der Waals surface area (Å²) in [6.45, 7) is 4.23. The van der Waals surface area contributed by atoms with Crippen LogP contribution in [-0.2, 0) is 10.0 Å². The number of nitrogens with one attached hydrogen (secondary N) is 1. The molecule has 0 bridgehead atoms. The minimum atomic E-state index is -3.60. The molecule has 0 atom stereocenters. The summed E-state index contributed by atoms with van der Waals surface area (Å²) < 4.78 is 27.8. The van der Waals surface area contributed by atoms with Gasteiger partial charge in [-0.15, -0.1) is 10.2 Å². The van der Waals surface area contributed by atoms with Gasteiger partial charge in [0.1, 0.15) is 11.3 Å². The van der Waals surface area contributed by atoms with Crippen molar-refractivity contribution in [3.05, 3.63) is 65.2 Å². The number of aromatic nitrogens is 3. The van der Waals surface area contributed by atoms with Gasteiger partial charge in [0, 0.05) is 42.5 Å². The molecule has 2 N–H and O–H groups in total. The number of likely N-dealkylation sites (N-methyl/N-ethyl adjacent to an activating group) is 1. The zero-order chi connectivity index (χ0) is 25.4. The van der Waals surface area contributed by atoms with Crippen LogP contribution in [0.15, 0.2) is 59.5 Å². The van der Waals surface area contributed by atoms with E-state index >= 15 is 0 Å². The van der Waals surface area contributed by atoms with Crippen molar-refractivity contribution in [1.82, 2.24) is 24.4 Å². The summed E-state index contributed by atoms with van der Waals surface area (Å²) in [7, 11) is -1.62. The fourth-order valence-electron chi connectivity index (χ4n) is 4.20. The molecule has 186 valence electrons. The average Bonchev–Trinajstić information content (AvgIpc) is 2.86. The molecule has 0 amide bonds. The Morgan fingerprint density at radius 3 is 2.56 bits per heavy atom. The molecule has 9 nitrogen and oxygen atoms in total. The molecule has 0 spiro atoms. The number of benzene rings is 3. The van der Waals surface area contributed by atoms with Crippen LogP contribution in [0.2, 0.25) is 5.02 Å². The lowest BCUT2D eigenvalue weighted by Crippen LogP contribution is -2.47. The molecule has 0 aliphatic carbocycles. The summed E-state index contributed by atoms with van der Waals surface area (Å²) in [4.78, 5) is 6.93. The number of nitrogens with zero attached hydrogens (tertiary/aromatic N) is 5. The monoisotopic (exact) mass is 524 g/mol. The highest BCUT2D eigenvalue weighted by Crippen LogP contribution is 2.33. The van der Waals surface area contributed by atoms with Gasteiger partial charge in [-0.1, -0.05) is 17.7 Å². The molecule has 1 saturated heterocycles. The second kappa shape index (κ2) is 9.62. The fraction of sp³-hybridized carbons (Fsp3) is 0.240. The van der Waals surface area contributed by atoms with Crippen LogP contribution < -0.4 is 5.32 Å². The van der Waals surface area contributed by atoms with Crippen molar-refractivity contribution in [2.75, 3.05) is 38.5 Å². The van der Waals surface area contributed by atoms with E-state index in [2.05, 4.69) is 25.4 Å². The van der Waals surface area contributed by atoms with Crippen LogP contribution in [0.5, 0.6) is 5.75 Å². The molecule has 5 rings (SSSR count). The molecule has 1 aliphatic heterocycles. The Morgan fingerprint density at radius 1 is 1.00 bits per heavy atom. The fourth-order valence-corrected chi connectivity index (χ4v) is 5.89. The minimum Gasteiger partial charge on any atom is -0.508 e. The molecule has 36 heavy (non-hydrogen) atoms. The van der Waals surface area contributed by atoms with E-state index in [0.717, 1.165) is 11.1 Å². The van der Waals surface area contributed by atoms with Gasteiger partial charge in [-0.3, -0.25) is 0 Å². The molecule has 4 aromatic rings. The number of phenolic OH excluding ortho intramolecular Hbond substituents is 1. The Labute approximate surface area is 214 Å². The van der Waals surface area contributed by atoms with Crippen LogP contribution in [0.25, 0.3) is 22.2 Å². The number of aryl methyl sites for hydroxylation is 1. The first kappa shape index (κ1) is 24.4. The third-order valence-corrected chi connectivity index (χ3v) is 8.43. The topological polar surface area (TPSA) is 112 Å². The SMILES string of the molecule is Cc1cc(-c2cc(O)ccc2Cl)cc2nnc(Nc3cccc(S(=O)(=O)N4CCN(C)CC4)c3)nc12. The van der Waals surface area contributed by atoms with E-state index in [-0.39, 0.29) is 16.6 Å². The van der Waals surface area contributed by atoms with Crippen molar-refractivity contribution in [2.24, 2.45) is 0 Å². The number of phenols is 1. The second-order valence-electron chi connectivity index (χ2n) is 8.82. The van der Waals surface area contributed by atoms with Gasteiger partial charge in [-0.25, -0.2) is 13.4 Å². The van der Waals surface area contributed by atoms with E-state index < -0.39 is 10.0 Å². The Balaban J connectivity index is 1.42. The summed E-state index contributed by atoms with van der Waals surface area (Å²) in [5.41, 5.74) is 4.09. The molecule has 0 unspecified atom stereocenters. The first-order valence-corrected chi connectivity index (χ1v) is 13.2. The highest BCUT2D eigenvalue weighted by Gasteiger charge is 2.27. The Bertz CT molecular complexity index is 1560. The number of halogens is 1. The van der Waals surface area contributed by atoms with Gasteiger partial charge in [-0.2, -0.15) is 4.31 Å². The lowest BCUT2D eigenvalue weighted by molar-refractivity contribution is 0.222. The van der Waals surface area contributed by atoms with E-state index in [1.807, 2.05) is 26.1 Å². The zero-order valence-electron chi connectivity index (χ0n) is 19.8. The quantitative estimate of drug-likeness (QED) is 0.402. The molecule has 1 aliphatic rings. The van der Waals surface area contributed by atoms with E-state index in [9.17, 15) is 13.5 Å². The standard InChI is InChI=1S/C25H25ClN6O3S/c1-16-12-17(21-15-19(33)6-7-22(21)26)13-23-24(16)28-25(30-29-23)27-18-4-3-5-20(14-18)36(34,35)32-10-8-31(2)9-11-32/h3-7,12-15,33H,8-11H2,1-2H3,(H,27,28,30). The summed E-state index contributed by atoms with van der Waals surface area (Å²) >= 11 is 6.33. The van der Waals surface area contributed by atoms with Gasteiger partial charge in [0.25, 0.3) is 0 Å². The van der Waals surface area contributed by atoms with Crippen molar-refractivity contribution in [1.29, 1.82) is 0 Å². The van der Waals surface area contributed by atoms with Crippen molar-refractivity contribution in [3.63, 3.8) is 0 Å². The van der Waals surface area contributed by atoms with E-state index in [0.29, 0.717) is 53.5 Å². The predicted molar refractivity (Wildman–Crippen MR) is 140 cm³/mol. The molecule has 1 aromatic heterocycles. The molecule has 3 aromatic carbocycles. The second-order valence-corrected chi connectivity index (χ2v) is 11.2. The van der Waals surface area contributed by atoms with E-state index in [1.165, 1.54) is 10.4 Å². The molecule has 1 fully saturated rings. The van der Waals surface area contributed by atoms with Gasteiger partial charge < -0.3 is 15.3 Å². The van der Waals surface area contributed by atoms with Crippen molar-refractivity contribution < 1.29 is 13.5 Å². The van der Waals surface area contributed by atoms with Crippen LogP contribution in [0.4, 0.5) is 11.6 Å². The maximum absolute atomic E-state index is 13.1. The summed E-state index contributed by atoms with van der Waals surface area (Å²) in [6.07, 6.45) is 0. The average molecular weight is 525 g/mol. The zero-order valence-corrected chi connectivity index (χ0v) is 21.4. The van der Waals surface area contributed by atoms with Gasteiger partial charge in [0.05, 0.1) is 10.4 Å². The first-order chi connectivity index (χ1) is 17.2.